The van der Waals surface area contributed by atoms with Crippen molar-refractivity contribution >= 4 is 23.4 Å². The second kappa shape index (κ2) is 10.7. The molecule has 182 valence electrons. The molecule has 0 bridgehead atoms. The van der Waals surface area contributed by atoms with Gasteiger partial charge in [-0.1, -0.05) is 24.7 Å². The van der Waals surface area contributed by atoms with Crippen molar-refractivity contribution in [3.63, 3.8) is 0 Å². The third kappa shape index (κ3) is 4.77. The fraction of sp³-hybridized carbons (Fsp3) is 0.308. The molecule has 9 heteroatoms. The van der Waals surface area contributed by atoms with Crippen molar-refractivity contribution in [3.05, 3.63) is 84.8 Å². The molecule has 0 saturated carbocycles. The summed E-state index contributed by atoms with van der Waals surface area (Å²) in [4.78, 5) is 36.4. The first-order chi connectivity index (χ1) is 17.0. The van der Waals surface area contributed by atoms with Crippen LogP contribution < -0.4 is 24.4 Å². The normalized spacial score (nSPS) is 15.4. The average molecular weight is 494 g/mol. The van der Waals surface area contributed by atoms with Gasteiger partial charge in [-0.3, -0.25) is 14.3 Å². The van der Waals surface area contributed by atoms with Crippen LogP contribution in [0.4, 0.5) is 0 Å². The monoisotopic (exact) mass is 493 g/mol. The van der Waals surface area contributed by atoms with Crippen LogP contribution in [0.3, 0.4) is 0 Å². The fourth-order valence-electron chi connectivity index (χ4n) is 4.08. The number of benzene rings is 1. The lowest BCUT2D eigenvalue weighted by Crippen LogP contribution is -2.40. The summed E-state index contributed by atoms with van der Waals surface area (Å²) >= 11 is 1.28. The number of carbonyl (C=O) groups excluding carboxylic acids is 1. The quantitative estimate of drug-likeness (QED) is 0.448. The maximum atomic E-state index is 13.8. The van der Waals surface area contributed by atoms with Gasteiger partial charge in [0.15, 0.2) is 4.80 Å². The Kier molecular flexibility index (Phi) is 7.45. The number of fused-ring (bicyclic) bond motifs is 1. The van der Waals surface area contributed by atoms with Gasteiger partial charge in [0.1, 0.15) is 17.5 Å². The summed E-state index contributed by atoms with van der Waals surface area (Å²) in [6, 6.07) is 8.20. The number of esters is 1. The molecule has 1 atom stereocenters. The van der Waals surface area contributed by atoms with Crippen molar-refractivity contribution < 1.29 is 19.0 Å². The van der Waals surface area contributed by atoms with Gasteiger partial charge in [0.2, 0.25) is 0 Å². The van der Waals surface area contributed by atoms with E-state index in [9.17, 15) is 9.59 Å². The zero-order valence-electron chi connectivity index (χ0n) is 20.1. The summed E-state index contributed by atoms with van der Waals surface area (Å²) in [5.41, 5.74) is 2.16. The van der Waals surface area contributed by atoms with Crippen molar-refractivity contribution in [1.82, 2.24) is 9.55 Å². The Morgan fingerprint density at radius 1 is 1.14 bits per heavy atom. The number of allylic oxidation sites excluding steroid dienone is 1. The van der Waals surface area contributed by atoms with Crippen molar-refractivity contribution in [3.8, 4) is 11.5 Å². The number of thiazole rings is 1. The van der Waals surface area contributed by atoms with Gasteiger partial charge in [-0.15, -0.1) is 0 Å². The van der Waals surface area contributed by atoms with Crippen molar-refractivity contribution in [2.24, 2.45) is 4.99 Å². The van der Waals surface area contributed by atoms with Gasteiger partial charge < -0.3 is 14.2 Å². The van der Waals surface area contributed by atoms with Crippen LogP contribution in [0.1, 0.15) is 43.9 Å². The molecule has 3 aromatic rings. The summed E-state index contributed by atoms with van der Waals surface area (Å²) in [6.07, 6.45) is 6.48. The molecule has 0 spiro atoms. The number of hydrogen-bond acceptors (Lipinski definition) is 8. The Labute approximate surface area is 206 Å². The molecule has 0 N–H and O–H groups in total. The minimum Gasteiger partial charge on any atom is -0.497 e. The Morgan fingerprint density at radius 2 is 1.91 bits per heavy atom. The molecule has 0 saturated heterocycles. The Morgan fingerprint density at radius 3 is 2.57 bits per heavy atom. The highest BCUT2D eigenvalue weighted by Crippen LogP contribution is 2.38. The van der Waals surface area contributed by atoms with Crippen LogP contribution in [0.2, 0.25) is 0 Å². The van der Waals surface area contributed by atoms with Gasteiger partial charge in [-0.05, 0) is 55.3 Å². The molecule has 2 aromatic heterocycles. The van der Waals surface area contributed by atoms with E-state index in [-0.39, 0.29) is 12.2 Å². The molecular weight excluding hydrogens is 466 g/mol. The summed E-state index contributed by atoms with van der Waals surface area (Å²) < 4.78 is 18.6. The third-order valence-electron chi connectivity index (χ3n) is 5.63. The van der Waals surface area contributed by atoms with Gasteiger partial charge in [-0.2, -0.15) is 0 Å². The molecule has 3 heterocycles. The fourth-order valence-corrected chi connectivity index (χ4v) is 5.10. The van der Waals surface area contributed by atoms with E-state index in [1.807, 2.05) is 19.1 Å². The predicted molar refractivity (Wildman–Crippen MR) is 133 cm³/mol. The number of methoxy groups -OCH3 is 2. The highest BCUT2D eigenvalue weighted by molar-refractivity contribution is 7.07. The summed E-state index contributed by atoms with van der Waals surface area (Å²) in [7, 11) is 3.12. The van der Waals surface area contributed by atoms with Crippen molar-refractivity contribution in [2.45, 2.75) is 32.7 Å². The van der Waals surface area contributed by atoms with E-state index in [2.05, 4.69) is 4.98 Å². The first-order valence-electron chi connectivity index (χ1n) is 11.4. The molecule has 0 aliphatic carbocycles. The van der Waals surface area contributed by atoms with E-state index in [0.717, 1.165) is 12.0 Å². The molecule has 1 aromatic carbocycles. The number of pyridine rings is 1. The molecule has 8 nitrogen and oxygen atoms in total. The topological polar surface area (TPSA) is 92.0 Å². The molecular formula is C26H27N3O5S. The van der Waals surface area contributed by atoms with Crippen LogP contribution in [-0.2, 0) is 9.53 Å². The van der Waals surface area contributed by atoms with E-state index in [0.29, 0.717) is 44.1 Å². The lowest BCUT2D eigenvalue weighted by molar-refractivity contribution is -0.139. The Hall–Kier alpha value is -3.72. The molecule has 0 radical (unpaired) electrons. The van der Waals surface area contributed by atoms with Crippen LogP contribution in [0, 0.1) is 0 Å². The number of ether oxygens (including phenoxy) is 3. The highest BCUT2D eigenvalue weighted by atomic mass is 32.1. The number of rotatable bonds is 8. The maximum absolute atomic E-state index is 13.8. The van der Waals surface area contributed by atoms with E-state index < -0.39 is 12.0 Å². The minimum absolute atomic E-state index is 0.205. The first kappa shape index (κ1) is 24.4. The number of aromatic nitrogens is 2. The lowest BCUT2D eigenvalue weighted by Gasteiger charge is -2.27. The maximum Gasteiger partial charge on any atom is 0.338 e. The zero-order chi connectivity index (χ0) is 24.9. The summed E-state index contributed by atoms with van der Waals surface area (Å²) in [5.74, 6) is 0.606. The zero-order valence-corrected chi connectivity index (χ0v) is 20.9. The van der Waals surface area contributed by atoms with E-state index >= 15 is 0 Å². The molecule has 1 unspecified atom stereocenters. The van der Waals surface area contributed by atoms with E-state index in [1.165, 1.54) is 11.3 Å². The summed E-state index contributed by atoms with van der Waals surface area (Å²) in [6.45, 7) is 3.98. The van der Waals surface area contributed by atoms with Gasteiger partial charge in [-0.25, -0.2) is 9.79 Å². The van der Waals surface area contributed by atoms with Crippen LogP contribution in [0.15, 0.2) is 63.8 Å². The Balaban J connectivity index is 2.06. The van der Waals surface area contributed by atoms with Crippen LogP contribution >= 0.6 is 11.3 Å². The molecule has 4 rings (SSSR count). The average Bonchev–Trinajstić information content (AvgIpc) is 3.18. The largest absolute Gasteiger partial charge is 0.497 e. The lowest BCUT2D eigenvalue weighted by atomic mass is 9.93. The van der Waals surface area contributed by atoms with Gasteiger partial charge >= 0.3 is 5.97 Å². The van der Waals surface area contributed by atoms with Gasteiger partial charge in [0.25, 0.3) is 5.56 Å². The number of nitrogens with zero attached hydrogens (tertiary/aromatic N) is 3. The minimum atomic E-state index is -0.781. The van der Waals surface area contributed by atoms with E-state index in [1.54, 1.807) is 62.4 Å². The predicted octanol–water partition coefficient (Wildman–Crippen LogP) is 2.99. The van der Waals surface area contributed by atoms with Crippen LogP contribution in [0.5, 0.6) is 11.5 Å². The molecule has 1 aliphatic heterocycles. The van der Waals surface area contributed by atoms with Gasteiger partial charge in [0.05, 0.1) is 36.6 Å². The number of carbonyl (C=O) groups is 1. The van der Waals surface area contributed by atoms with Crippen LogP contribution in [-0.4, -0.2) is 36.3 Å². The first-order valence-corrected chi connectivity index (χ1v) is 12.2. The second-order valence-electron chi connectivity index (χ2n) is 7.80. The summed E-state index contributed by atoms with van der Waals surface area (Å²) in [5, 5.41) is 0. The molecule has 35 heavy (non-hydrogen) atoms. The SMILES string of the molecule is CCCC1=C(C(=O)OCC)C(c2cc(OC)ccc2OC)n2c(s/c(=C\c3ccncc3)c2=O)=N1. The second-order valence-corrected chi connectivity index (χ2v) is 8.81. The van der Waals surface area contributed by atoms with Crippen molar-refractivity contribution in [1.29, 1.82) is 0 Å². The van der Waals surface area contributed by atoms with Gasteiger partial charge in [0, 0.05) is 18.0 Å². The smallest absolute Gasteiger partial charge is 0.338 e. The van der Waals surface area contributed by atoms with E-state index in [4.69, 9.17) is 19.2 Å². The molecule has 0 amide bonds. The molecule has 1 aliphatic rings. The third-order valence-corrected chi connectivity index (χ3v) is 6.61. The van der Waals surface area contributed by atoms with Crippen molar-refractivity contribution in [2.75, 3.05) is 20.8 Å². The molecule has 0 fully saturated rings. The highest BCUT2D eigenvalue weighted by Gasteiger charge is 2.36. The van der Waals surface area contributed by atoms with Crippen LogP contribution in [0.25, 0.3) is 6.08 Å². The Bertz CT molecular complexity index is 1440. The number of hydrogen-bond donors (Lipinski definition) is 0. The standard InChI is InChI=1S/C26H27N3O5S/c1-5-7-19-22(25(31)34-6-2)23(18-15-17(32-3)8-9-20(18)33-4)29-24(30)21(35-26(29)28-19)14-16-10-12-27-13-11-16/h8-15,23H,5-7H2,1-4H3/b21-14-.